The van der Waals surface area contributed by atoms with Crippen LogP contribution in [0, 0.1) is 25.7 Å². The molecule has 2 aromatic carbocycles. The molecule has 5 nitrogen and oxygen atoms in total. The Labute approximate surface area is 214 Å². The standard InChI is InChI=1S/C29H36N4OS/c1-5-20-17-33-11-9-21(20)15-27(33)28(32-29(35)31-22-13-18(2)12-19(3)14-22)24-8-10-30-26-7-6-23(34-4)16-25(24)26/h6-8,10,12-14,16,20-21,27-28H,5,9,11,15,17H2,1-4H3,(H2,31,32,35)/t20?,21?,27-,28-/m1/s1. The highest BCUT2D eigenvalue weighted by atomic mass is 32.1. The number of anilines is 1. The maximum absolute atomic E-state index is 5.89. The maximum atomic E-state index is 5.89. The largest absolute Gasteiger partial charge is 0.497 e. The number of pyridine rings is 1. The van der Waals surface area contributed by atoms with Crippen molar-refractivity contribution in [3.63, 3.8) is 0 Å². The number of rotatable bonds is 6. The summed E-state index contributed by atoms with van der Waals surface area (Å²) in [6.45, 7) is 8.90. The first-order valence-electron chi connectivity index (χ1n) is 12.8. The Hall–Kier alpha value is -2.70. The van der Waals surface area contributed by atoms with Crippen LogP contribution >= 0.6 is 12.2 Å². The number of benzene rings is 2. The third kappa shape index (κ3) is 5.00. The number of methoxy groups -OCH3 is 1. The van der Waals surface area contributed by atoms with Gasteiger partial charge in [-0.05, 0) is 110 Å². The van der Waals surface area contributed by atoms with Crippen LogP contribution in [-0.2, 0) is 0 Å². The van der Waals surface area contributed by atoms with Gasteiger partial charge in [-0.15, -0.1) is 0 Å². The number of piperidine rings is 3. The number of nitrogens with zero attached hydrogens (tertiary/aromatic N) is 2. The van der Waals surface area contributed by atoms with Crippen LogP contribution < -0.4 is 15.4 Å². The molecule has 2 N–H and O–H groups in total. The molecule has 184 valence electrons. The lowest BCUT2D eigenvalue weighted by molar-refractivity contribution is -0.0132. The van der Waals surface area contributed by atoms with E-state index in [0.29, 0.717) is 11.2 Å². The van der Waals surface area contributed by atoms with Crippen molar-refractivity contribution in [2.45, 2.75) is 52.1 Å². The fourth-order valence-electron chi connectivity index (χ4n) is 6.27. The van der Waals surface area contributed by atoms with E-state index in [-0.39, 0.29) is 6.04 Å². The smallest absolute Gasteiger partial charge is 0.171 e. The lowest BCUT2D eigenvalue weighted by Gasteiger charge is -2.52. The fourth-order valence-corrected chi connectivity index (χ4v) is 6.52. The summed E-state index contributed by atoms with van der Waals surface area (Å²) in [7, 11) is 1.71. The van der Waals surface area contributed by atoms with Gasteiger partial charge in [0.15, 0.2) is 5.11 Å². The third-order valence-corrected chi connectivity index (χ3v) is 8.15. The zero-order valence-electron chi connectivity index (χ0n) is 21.2. The zero-order valence-corrected chi connectivity index (χ0v) is 22.0. The van der Waals surface area contributed by atoms with Gasteiger partial charge in [0.25, 0.3) is 0 Å². The zero-order chi connectivity index (χ0) is 24.5. The van der Waals surface area contributed by atoms with Crippen LogP contribution in [-0.4, -0.2) is 41.2 Å². The summed E-state index contributed by atoms with van der Waals surface area (Å²) in [5.74, 6) is 2.43. The molecule has 0 saturated carbocycles. The normalized spacial score (nSPS) is 24.2. The van der Waals surface area contributed by atoms with Crippen LogP contribution in [0.2, 0.25) is 0 Å². The van der Waals surface area contributed by atoms with Crippen LogP contribution in [0.25, 0.3) is 10.9 Å². The molecule has 3 aliphatic heterocycles. The SMILES string of the molecule is CCC1CN2CCC1C[C@@H]2[C@H](NC(=S)Nc1cc(C)cc(C)c1)c1ccnc2ccc(OC)cc12. The van der Waals surface area contributed by atoms with Gasteiger partial charge >= 0.3 is 0 Å². The van der Waals surface area contributed by atoms with Gasteiger partial charge in [-0.1, -0.05) is 19.4 Å². The molecule has 3 saturated heterocycles. The number of aromatic nitrogens is 1. The minimum atomic E-state index is 0.0547. The quantitative estimate of drug-likeness (QED) is 0.415. The predicted octanol–water partition coefficient (Wildman–Crippen LogP) is 6.01. The fraction of sp³-hybridized carbons (Fsp3) is 0.448. The van der Waals surface area contributed by atoms with Crippen LogP contribution in [0.5, 0.6) is 5.75 Å². The summed E-state index contributed by atoms with van der Waals surface area (Å²) >= 11 is 5.89. The third-order valence-electron chi connectivity index (χ3n) is 7.93. The number of fused-ring (bicyclic) bond motifs is 4. The highest BCUT2D eigenvalue weighted by Gasteiger charge is 2.43. The second-order valence-electron chi connectivity index (χ2n) is 10.3. The maximum Gasteiger partial charge on any atom is 0.171 e. The Morgan fingerprint density at radius 1 is 1.17 bits per heavy atom. The second-order valence-corrected chi connectivity index (χ2v) is 10.7. The summed E-state index contributed by atoms with van der Waals surface area (Å²) in [5, 5.41) is 8.98. The number of ether oxygens (including phenoxy) is 1. The number of hydrogen-bond donors (Lipinski definition) is 2. The van der Waals surface area contributed by atoms with Crippen molar-refractivity contribution >= 4 is 33.9 Å². The first kappa shape index (κ1) is 24.0. The summed E-state index contributed by atoms with van der Waals surface area (Å²) in [6.07, 6.45) is 5.67. The summed E-state index contributed by atoms with van der Waals surface area (Å²) in [4.78, 5) is 7.33. The molecular formula is C29H36N4OS. The Morgan fingerprint density at radius 3 is 2.66 bits per heavy atom. The molecule has 3 fully saturated rings. The van der Waals surface area contributed by atoms with E-state index in [1.165, 1.54) is 42.5 Å². The van der Waals surface area contributed by atoms with Crippen LogP contribution in [0.3, 0.4) is 0 Å². The first-order valence-corrected chi connectivity index (χ1v) is 13.2. The van der Waals surface area contributed by atoms with E-state index < -0.39 is 0 Å². The summed E-state index contributed by atoms with van der Waals surface area (Å²) in [6, 6.07) is 15.2. The van der Waals surface area contributed by atoms with Crippen molar-refractivity contribution in [2.75, 3.05) is 25.5 Å². The van der Waals surface area contributed by atoms with E-state index in [0.717, 1.165) is 40.7 Å². The molecule has 1 aromatic heterocycles. The molecule has 3 aromatic rings. The average molecular weight is 489 g/mol. The molecule has 35 heavy (non-hydrogen) atoms. The Kier molecular flexibility index (Phi) is 6.94. The van der Waals surface area contributed by atoms with Crippen LogP contribution in [0.4, 0.5) is 5.69 Å². The Bertz CT molecular complexity index is 1210. The van der Waals surface area contributed by atoms with Crippen molar-refractivity contribution in [1.82, 2.24) is 15.2 Å². The summed E-state index contributed by atoms with van der Waals surface area (Å²) in [5.41, 5.74) is 5.67. The van der Waals surface area contributed by atoms with Gasteiger partial charge in [0.1, 0.15) is 5.75 Å². The van der Waals surface area contributed by atoms with Gasteiger partial charge in [0.2, 0.25) is 0 Å². The number of thiocarbonyl (C=S) groups is 1. The van der Waals surface area contributed by atoms with Crippen molar-refractivity contribution in [3.8, 4) is 5.75 Å². The molecule has 5 atom stereocenters. The molecule has 0 aliphatic carbocycles. The number of hydrogen-bond acceptors (Lipinski definition) is 4. The minimum absolute atomic E-state index is 0.0547. The molecule has 3 aliphatic rings. The summed E-state index contributed by atoms with van der Waals surface area (Å²) < 4.78 is 5.57. The molecule has 6 heteroatoms. The number of nitrogens with one attached hydrogen (secondary N) is 2. The van der Waals surface area contributed by atoms with Crippen LogP contribution in [0.15, 0.2) is 48.7 Å². The average Bonchev–Trinajstić information content (AvgIpc) is 2.86. The molecule has 4 heterocycles. The molecule has 0 radical (unpaired) electrons. The van der Waals surface area contributed by atoms with Crippen molar-refractivity contribution < 1.29 is 4.74 Å². The minimum Gasteiger partial charge on any atom is -0.497 e. The monoisotopic (exact) mass is 488 g/mol. The van der Waals surface area contributed by atoms with Gasteiger partial charge in [0.05, 0.1) is 18.7 Å². The Morgan fingerprint density at radius 2 is 1.97 bits per heavy atom. The van der Waals surface area contributed by atoms with Crippen LogP contribution in [0.1, 0.15) is 48.9 Å². The van der Waals surface area contributed by atoms with Crippen molar-refractivity contribution in [2.24, 2.45) is 11.8 Å². The van der Waals surface area contributed by atoms with E-state index in [1.807, 2.05) is 18.3 Å². The molecule has 6 rings (SSSR count). The number of aryl methyl sites for hydroxylation is 2. The lowest BCUT2D eigenvalue weighted by Crippen LogP contribution is -2.58. The van der Waals surface area contributed by atoms with Gasteiger partial charge in [0, 0.05) is 29.9 Å². The van der Waals surface area contributed by atoms with E-state index >= 15 is 0 Å². The molecule has 3 unspecified atom stereocenters. The van der Waals surface area contributed by atoms with E-state index in [9.17, 15) is 0 Å². The van der Waals surface area contributed by atoms with Crippen molar-refractivity contribution in [1.29, 1.82) is 0 Å². The van der Waals surface area contributed by atoms with E-state index in [4.69, 9.17) is 17.0 Å². The van der Waals surface area contributed by atoms with Gasteiger partial charge < -0.3 is 15.4 Å². The molecular weight excluding hydrogens is 452 g/mol. The molecule has 0 spiro atoms. The highest BCUT2D eigenvalue weighted by molar-refractivity contribution is 7.80. The highest BCUT2D eigenvalue weighted by Crippen LogP contribution is 2.43. The van der Waals surface area contributed by atoms with Gasteiger partial charge in [-0.25, -0.2) is 0 Å². The lowest BCUT2D eigenvalue weighted by atomic mass is 9.72. The molecule has 2 bridgehead atoms. The second kappa shape index (κ2) is 10.1. The topological polar surface area (TPSA) is 49.4 Å². The van der Waals surface area contributed by atoms with E-state index in [1.54, 1.807) is 7.11 Å². The first-order chi connectivity index (χ1) is 16.9. The van der Waals surface area contributed by atoms with Gasteiger partial charge in [-0.3, -0.25) is 9.88 Å². The predicted molar refractivity (Wildman–Crippen MR) is 148 cm³/mol. The Balaban J connectivity index is 1.50. The molecule has 0 amide bonds. The van der Waals surface area contributed by atoms with Gasteiger partial charge in [-0.2, -0.15) is 0 Å². The van der Waals surface area contributed by atoms with Crippen molar-refractivity contribution in [3.05, 3.63) is 65.4 Å². The van der Waals surface area contributed by atoms with E-state index in [2.05, 4.69) is 71.6 Å².